The van der Waals surface area contributed by atoms with Crippen LogP contribution >= 0.6 is 0 Å². The SMILES string of the molecule is O=C1Cc2ccc(C(=O)CCC3CCN(c4ccc(F)cc4)CC3)cc2O1. The van der Waals surface area contributed by atoms with Crippen LogP contribution in [0.4, 0.5) is 10.1 Å². The van der Waals surface area contributed by atoms with Crippen LogP contribution in [-0.4, -0.2) is 24.8 Å². The Labute approximate surface area is 157 Å². The maximum atomic E-state index is 13.0. The molecule has 0 unspecified atom stereocenters. The van der Waals surface area contributed by atoms with Crippen LogP contribution in [0, 0.1) is 11.7 Å². The molecule has 2 aliphatic heterocycles. The Bertz CT molecular complexity index is 854. The predicted octanol–water partition coefficient (Wildman–Crippen LogP) is 4.17. The molecule has 0 aromatic heterocycles. The first-order chi connectivity index (χ1) is 13.1. The van der Waals surface area contributed by atoms with Crippen molar-refractivity contribution < 1.29 is 18.7 Å². The van der Waals surface area contributed by atoms with Gasteiger partial charge < -0.3 is 9.64 Å². The van der Waals surface area contributed by atoms with E-state index in [1.165, 1.54) is 12.1 Å². The number of carbonyl (C=O) groups is 2. The lowest BCUT2D eigenvalue weighted by Crippen LogP contribution is -2.33. The van der Waals surface area contributed by atoms with Crippen LogP contribution < -0.4 is 9.64 Å². The molecule has 5 heteroatoms. The van der Waals surface area contributed by atoms with Gasteiger partial charge in [-0.3, -0.25) is 9.59 Å². The summed E-state index contributed by atoms with van der Waals surface area (Å²) < 4.78 is 18.2. The number of hydrogen-bond donors (Lipinski definition) is 0. The Morgan fingerprint density at radius 2 is 1.85 bits per heavy atom. The molecule has 1 saturated heterocycles. The molecular formula is C22H22FNO3. The number of piperidine rings is 1. The van der Waals surface area contributed by atoms with Crippen molar-refractivity contribution in [1.82, 2.24) is 0 Å². The number of esters is 1. The maximum absolute atomic E-state index is 13.0. The number of halogens is 1. The van der Waals surface area contributed by atoms with E-state index in [0.717, 1.165) is 43.6 Å². The Morgan fingerprint density at radius 1 is 1.11 bits per heavy atom. The van der Waals surface area contributed by atoms with Crippen molar-refractivity contribution in [1.29, 1.82) is 0 Å². The van der Waals surface area contributed by atoms with E-state index in [0.29, 0.717) is 23.7 Å². The van der Waals surface area contributed by atoms with Gasteiger partial charge in [0.2, 0.25) is 0 Å². The Balaban J connectivity index is 1.27. The van der Waals surface area contributed by atoms with Gasteiger partial charge in [0.05, 0.1) is 6.42 Å². The molecule has 4 nitrogen and oxygen atoms in total. The molecular weight excluding hydrogens is 345 g/mol. The topological polar surface area (TPSA) is 46.6 Å². The molecule has 0 amide bonds. The highest BCUT2D eigenvalue weighted by Crippen LogP contribution is 2.29. The van der Waals surface area contributed by atoms with Gasteiger partial charge >= 0.3 is 5.97 Å². The summed E-state index contributed by atoms with van der Waals surface area (Å²) in [5.74, 6) is 0.675. The van der Waals surface area contributed by atoms with Gasteiger partial charge in [-0.2, -0.15) is 0 Å². The summed E-state index contributed by atoms with van der Waals surface area (Å²) in [6.45, 7) is 1.86. The molecule has 4 rings (SSSR count). The van der Waals surface area contributed by atoms with Crippen LogP contribution in [0.1, 0.15) is 41.6 Å². The average molecular weight is 367 g/mol. The molecule has 0 N–H and O–H groups in total. The van der Waals surface area contributed by atoms with E-state index >= 15 is 0 Å². The zero-order chi connectivity index (χ0) is 18.8. The van der Waals surface area contributed by atoms with Gasteiger partial charge in [-0.1, -0.05) is 12.1 Å². The highest BCUT2D eigenvalue weighted by molar-refractivity contribution is 5.97. The summed E-state index contributed by atoms with van der Waals surface area (Å²) in [4.78, 5) is 26.1. The standard InChI is InChI=1S/C22H22FNO3/c23-18-4-6-19(7-5-18)24-11-9-15(10-12-24)1-8-20(25)16-2-3-17-14-22(26)27-21(17)13-16/h2-7,13,15H,1,8-12,14H2. The van der Waals surface area contributed by atoms with Gasteiger partial charge in [0.15, 0.2) is 5.78 Å². The third-order valence-electron chi connectivity index (χ3n) is 5.53. The van der Waals surface area contributed by atoms with E-state index in [1.807, 2.05) is 18.2 Å². The number of Topliss-reactive ketones (excluding diaryl/α,β-unsaturated/α-hetero) is 1. The molecule has 2 heterocycles. The predicted molar refractivity (Wildman–Crippen MR) is 101 cm³/mol. The molecule has 2 aromatic carbocycles. The number of anilines is 1. The third kappa shape index (κ3) is 4.02. The van der Waals surface area contributed by atoms with E-state index < -0.39 is 0 Å². The van der Waals surface area contributed by atoms with Crippen molar-refractivity contribution in [3.63, 3.8) is 0 Å². The normalized spacial score (nSPS) is 16.9. The number of hydrogen-bond acceptors (Lipinski definition) is 4. The van der Waals surface area contributed by atoms with Gasteiger partial charge in [-0.05, 0) is 55.5 Å². The van der Waals surface area contributed by atoms with Gasteiger partial charge in [0.1, 0.15) is 11.6 Å². The molecule has 0 bridgehead atoms. The summed E-state index contributed by atoms with van der Waals surface area (Å²) in [6.07, 6.45) is 3.73. The molecule has 27 heavy (non-hydrogen) atoms. The average Bonchev–Trinajstić information content (AvgIpc) is 3.06. The van der Waals surface area contributed by atoms with Crippen molar-refractivity contribution in [3.05, 3.63) is 59.4 Å². The lowest BCUT2D eigenvalue weighted by atomic mass is 9.90. The summed E-state index contributed by atoms with van der Waals surface area (Å²) in [5.41, 5.74) is 2.52. The first-order valence-electron chi connectivity index (χ1n) is 9.46. The fraction of sp³-hybridized carbons (Fsp3) is 0.364. The minimum atomic E-state index is -0.262. The molecule has 0 saturated carbocycles. The number of fused-ring (bicyclic) bond motifs is 1. The Morgan fingerprint density at radius 3 is 2.59 bits per heavy atom. The van der Waals surface area contributed by atoms with E-state index in [-0.39, 0.29) is 24.0 Å². The van der Waals surface area contributed by atoms with Gasteiger partial charge in [-0.25, -0.2) is 4.39 Å². The largest absolute Gasteiger partial charge is 0.426 e. The molecule has 0 radical (unpaired) electrons. The second-order valence-electron chi connectivity index (χ2n) is 7.34. The second-order valence-corrected chi connectivity index (χ2v) is 7.34. The second kappa shape index (κ2) is 7.51. The first kappa shape index (κ1) is 17.7. The highest BCUT2D eigenvalue weighted by atomic mass is 19.1. The lowest BCUT2D eigenvalue weighted by Gasteiger charge is -2.33. The van der Waals surface area contributed by atoms with Crippen LogP contribution in [0.3, 0.4) is 0 Å². The van der Waals surface area contributed by atoms with E-state index in [9.17, 15) is 14.0 Å². The minimum Gasteiger partial charge on any atom is -0.426 e. The number of ketones is 1. The van der Waals surface area contributed by atoms with Crippen LogP contribution in [0.2, 0.25) is 0 Å². The smallest absolute Gasteiger partial charge is 0.315 e. The van der Waals surface area contributed by atoms with Crippen molar-refractivity contribution in [2.75, 3.05) is 18.0 Å². The van der Waals surface area contributed by atoms with Crippen molar-refractivity contribution in [3.8, 4) is 5.75 Å². The quantitative estimate of drug-likeness (QED) is 0.452. The maximum Gasteiger partial charge on any atom is 0.315 e. The van der Waals surface area contributed by atoms with Crippen LogP contribution in [0.15, 0.2) is 42.5 Å². The minimum absolute atomic E-state index is 0.0988. The molecule has 0 atom stereocenters. The van der Waals surface area contributed by atoms with Crippen LogP contribution in [0.25, 0.3) is 0 Å². The van der Waals surface area contributed by atoms with Crippen LogP contribution in [0.5, 0.6) is 5.75 Å². The van der Waals surface area contributed by atoms with E-state index in [1.54, 1.807) is 12.1 Å². The zero-order valence-electron chi connectivity index (χ0n) is 15.1. The summed E-state index contributed by atoms with van der Waals surface area (Å²) in [6, 6.07) is 11.9. The van der Waals surface area contributed by atoms with E-state index in [2.05, 4.69) is 4.90 Å². The molecule has 0 aliphatic carbocycles. The molecule has 2 aliphatic rings. The summed E-state index contributed by atoms with van der Waals surface area (Å²) >= 11 is 0. The summed E-state index contributed by atoms with van der Waals surface area (Å²) in [5, 5.41) is 0. The zero-order valence-corrected chi connectivity index (χ0v) is 15.1. The fourth-order valence-electron chi connectivity index (χ4n) is 3.89. The number of carbonyl (C=O) groups excluding carboxylic acids is 2. The van der Waals surface area contributed by atoms with E-state index in [4.69, 9.17) is 4.74 Å². The monoisotopic (exact) mass is 367 g/mol. The number of rotatable bonds is 5. The molecule has 140 valence electrons. The summed E-state index contributed by atoms with van der Waals surface area (Å²) in [7, 11) is 0. The molecule has 1 fully saturated rings. The Hall–Kier alpha value is -2.69. The van der Waals surface area contributed by atoms with Crippen molar-refractivity contribution in [2.45, 2.75) is 32.1 Å². The van der Waals surface area contributed by atoms with Gasteiger partial charge in [0, 0.05) is 36.3 Å². The van der Waals surface area contributed by atoms with Crippen molar-refractivity contribution >= 4 is 17.4 Å². The third-order valence-corrected chi connectivity index (χ3v) is 5.53. The highest BCUT2D eigenvalue weighted by Gasteiger charge is 2.23. The molecule has 2 aromatic rings. The number of ether oxygens (including phenoxy) is 1. The molecule has 0 spiro atoms. The number of nitrogens with zero attached hydrogens (tertiary/aromatic N) is 1. The van der Waals surface area contributed by atoms with Gasteiger partial charge in [-0.15, -0.1) is 0 Å². The van der Waals surface area contributed by atoms with Gasteiger partial charge in [0.25, 0.3) is 0 Å². The fourth-order valence-corrected chi connectivity index (χ4v) is 3.89. The van der Waals surface area contributed by atoms with Crippen LogP contribution in [-0.2, 0) is 11.2 Å². The Kier molecular flexibility index (Phi) is 4.92. The van der Waals surface area contributed by atoms with Crippen molar-refractivity contribution in [2.24, 2.45) is 5.92 Å². The first-order valence-corrected chi connectivity index (χ1v) is 9.46. The lowest BCUT2D eigenvalue weighted by molar-refractivity contribution is -0.131. The number of benzene rings is 2.